The molecule has 0 heterocycles. The Hall–Kier alpha value is -1.33. The van der Waals surface area contributed by atoms with Crippen molar-refractivity contribution in [3.8, 4) is 5.75 Å². The van der Waals surface area contributed by atoms with E-state index in [1.165, 1.54) is 5.56 Å². The van der Waals surface area contributed by atoms with Crippen molar-refractivity contribution in [1.29, 1.82) is 0 Å². The van der Waals surface area contributed by atoms with Gasteiger partial charge in [-0.25, -0.2) is 0 Å². The molecule has 1 aromatic carbocycles. The molecule has 0 bridgehead atoms. The topological polar surface area (TPSA) is 36.5 Å². The molecule has 0 fully saturated rings. The van der Waals surface area contributed by atoms with Gasteiger partial charge in [0.2, 0.25) is 0 Å². The summed E-state index contributed by atoms with van der Waals surface area (Å²) in [6, 6.07) is 8.33. The van der Waals surface area contributed by atoms with Crippen LogP contribution in [0.25, 0.3) is 0 Å². The van der Waals surface area contributed by atoms with E-state index >= 15 is 0 Å². The first-order valence-electron chi connectivity index (χ1n) is 5.84. The Kier molecular flexibility index (Phi) is 5.88. The molecule has 0 aromatic heterocycles. The Bertz CT molecular complexity index is 396. The van der Waals surface area contributed by atoms with E-state index in [4.69, 9.17) is 17.0 Å². The first-order chi connectivity index (χ1) is 8.58. The van der Waals surface area contributed by atoms with E-state index in [1.54, 1.807) is 7.11 Å². The summed E-state index contributed by atoms with van der Waals surface area (Å²) in [5.41, 5.74) is 1.20. The maximum absolute atomic E-state index is 5.25. The molecular formula is C13H21N3OS. The zero-order valence-corrected chi connectivity index (χ0v) is 12.2. The Balaban J connectivity index is 2.80. The molecular weight excluding hydrogens is 246 g/mol. The summed E-state index contributed by atoms with van der Waals surface area (Å²) in [4.78, 5) is 2.15. The lowest BCUT2D eigenvalue weighted by Crippen LogP contribution is -2.38. The second-order valence-corrected chi connectivity index (χ2v) is 4.62. The first-order valence-corrected chi connectivity index (χ1v) is 6.25. The average Bonchev–Trinajstić information content (AvgIpc) is 2.38. The molecule has 1 atom stereocenters. The third kappa shape index (κ3) is 4.16. The van der Waals surface area contributed by atoms with Crippen LogP contribution >= 0.6 is 12.2 Å². The second kappa shape index (κ2) is 7.18. The molecule has 1 aromatic rings. The van der Waals surface area contributed by atoms with E-state index in [2.05, 4.69) is 27.7 Å². The molecule has 0 saturated heterocycles. The zero-order chi connectivity index (χ0) is 13.5. The molecule has 0 aliphatic heterocycles. The molecule has 100 valence electrons. The Morgan fingerprint density at radius 2 is 2.17 bits per heavy atom. The standard InChI is InChI=1S/C13H21N3OS/c1-14-13(18)15-9-12(16(2)3)10-6-5-7-11(8-10)17-4/h5-8,12H,9H2,1-4H3,(H2,14,15,18). The first kappa shape index (κ1) is 14.7. The number of rotatable bonds is 5. The summed E-state index contributed by atoms with van der Waals surface area (Å²) in [6.07, 6.45) is 0. The number of hydrogen-bond acceptors (Lipinski definition) is 3. The van der Waals surface area contributed by atoms with Gasteiger partial charge in [-0.1, -0.05) is 12.1 Å². The van der Waals surface area contributed by atoms with Gasteiger partial charge in [-0.15, -0.1) is 0 Å². The predicted octanol–water partition coefficient (Wildman–Crippen LogP) is 1.39. The molecule has 0 aliphatic carbocycles. The largest absolute Gasteiger partial charge is 0.497 e. The monoisotopic (exact) mass is 267 g/mol. The van der Waals surface area contributed by atoms with Crippen LogP contribution in [0.4, 0.5) is 0 Å². The zero-order valence-electron chi connectivity index (χ0n) is 11.4. The van der Waals surface area contributed by atoms with Crippen LogP contribution in [-0.2, 0) is 0 Å². The fraction of sp³-hybridized carbons (Fsp3) is 0.462. The van der Waals surface area contributed by atoms with E-state index in [0.29, 0.717) is 5.11 Å². The number of likely N-dealkylation sites (N-methyl/N-ethyl adjacent to an activating group) is 1. The number of benzene rings is 1. The smallest absolute Gasteiger partial charge is 0.166 e. The van der Waals surface area contributed by atoms with Crippen LogP contribution in [0.15, 0.2) is 24.3 Å². The third-order valence-corrected chi connectivity index (χ3v) is 3.13. The lowest BCUT2D eigenvalue weighted by molar-refractivity contribution is 0.297. The normalized spacial score (nSPS) is 12.1. The summed E-state index contributed by atoms with van der Waals surface area (Å²) < 4.78 is 5.25. The van der Waals surface area contributed by atoms with Crippen molar-refractivity contribution in [1.82, 2.24) is 15.5 Å². The molecule has 0 amide bonds. The summed E-state index contributed by atoms with van der Waals surface area (Å²) in [6.45, 7) is 0.750. The minimum absolute atomic E-state index is 0.242. The van der Waals surface area contributed by atoms with E-state index in [-0.39, 0.29) is 6.04 Å². The number of nitrogens with one attached hydrogen (secondary N) is 2. The number of hydrogen-bond donors (Lipinski definition) is 2. The Morgan fingerprint density at radius 1 is 1.44 bits per heavy atom. The van der Waals surface area contributed by atoms with Crippen molar-refractivity contribution < 1.29 is 4.74 Å². The van der Waals surface area contributed by atoms with Gasteiger partial charge in [0, 0.05) is 13.6 Å². The number of ether oxygens (including phenoxy) is 1. The predicted molar refractivity (Wildman–Crippen MR) is 79.1 cm³/mol. The van der Waals surface area contributed by atoms with E-state index in [1.807, 2.05) is 33.3 Å². The highest BCUT2D eigenvalue weighted by Crippen LogP contribution is 2.21. The average molecular weight is 267 g/mol. The van der Waals surface area contributed by atoms with Gasteiger partial charge in [-0.2, -0.15) is 0 Å². The Morgan fingerprint density at radius 3 is 2.72 bits per heavy atom. The molecule has 0 saturated carbocycles. The van der Waals surface area contributed by atoms with Gasteiger partial charge in [0.25, 0.3) is 0 Å². The van der Waals surface area contributed by atoms with Gasteiger partial charge in [-0.3, -0.25) is 0 Å². The van der Waals surface area contributed by atoms with Crippen molar-refractivity contribution in [2.24, 2.45) is 0 Å². The molecule has 4 nitrogen and oxygen atoms in total. The summed E-state index contributed by atoms with van der Waals surface area (Å²) >= 11 is 5.09. The second-order valence-electron chi connectivity index (χ2n) is 4.22. The maximum atomic E-state index is 5.25. The van der Waals surface area contributed by atoms with E-state index in [0.717, 1.165) is 12.3 Å². The van der Waals surface area contributed by atoms with Crippen molar-refractivity contribution in [2.45, 2.75) is 6.04 Å². The minimum atomic E-state index is 0.242. The van der Waals surface area contributed by atoms with Gasteiger partial charge in [0.1, 0.15) is 5.75 Å². The van der Waals surface area contributed by atoms with Crippen molar-refractivity contribution >= 4 is 17.3 Å². The fourth-order valence-corrected chi connectivity index (χ4v) is 1.81. The Labute approximate surface area is 114 Å². The van der Waals surface area contributed by atoms with Crippen molar-refractivity contribution in [3.05, 3.63) is 29.8 Å². The van der Waals surface area contributed by atoms with Crippen molar-refractivity contribution in [3.63, 3.8) is 0 Å². The summed E-state index contributed by atoms with van der Waals surface area (Å²) in [5, 5.41) is 6.76. The number of nitrogens with zero attached hydrogens (tertiary/aromatic N) is 1. The van der Waals surface area contributed by atoms with Crippen LogP contribution in [-0.4, -0.2) is 44.8 Å². The van der Waals surface area contributed by atoms with Crippen LogP contribution < -0.4 is 15.4 Å². The van der Waals surface area contributed by atoms with Gasteiger partial charge in [0.15, 0.2) is 5.11 Å². The van der Waals surface area contributed by atoms with Crippen molar-refractivity contribution in [2.75, 3.05) is 34.8 Å². The third-order valence-electron chi connectivity index (χ3n) is 2.78. The van der Waals surface area contributed by atoms with Gasteiger partial charge >= 0.3 is 0 Å². The number of thiocarbonyl (C=S) groups is 1. The van der Waals surface area contributed by atoms with Crippen LogP contribution in [0.1, 0.15) is 11.6 Å². The van der Waals surface area contributed by atoms with E-state index < -0.39 is 0 Å². The van der Waals surface area contributed by atoms with Gasteiger partial charge in [0.05, 0.1) is 13.2 Å². The molecule has 5 heteroatoms. The maximum Gasteiger partial charge on any atom is 0.166 e. The van der Waals surface area contributed by atoms with Crippen LogP contribution in [0, 0.1) is 0 Å². The lowest BCUT2D eigenvalue weighted by atomic mass is 10.1. The van der Waals surface area contributed by atoms with Crippen LogP contribution in [0.3, 0.4) is 0 Å². The highest BCUT2D eigenvalue weighted by atomic mass is 32.1. The lowest BCUT2D eigenvalue weighted by Gasteiger charge is -2.25. The number of methoxy groups -OCH3 is 1. The summed E-state index contributed by atoms with van der Waals surface area (Å²) in [5.74, 6) is 0.871. The van der Waals surface area contributed by atoms with Crippen LogP contribution in [0.2, 0.25) is 0 Å². The molecule has 2 N–H and O–H groups in total. The summed E-state index contributed by atoms with van der Waals surface area (Å²) in [7, 11) is 7.59. The minimum Gasteiger partial charge on any atom is -0.497 e. The van der Waals surface area contributed by atoms with Crippen LogP contribution in [0.5, 0.6) is 5.75 Å². The molecule has 0 spiro atoms. The van der Waals surface area contributed by atoms with E-state index in [9.17, 15) is 0 Å². The molecule has 1 rings (SSSR count). The highest BCUT2D eigenvalue weighted by Gasteiger charge is 2.14. The quantitative estimate of drug-likeness (QED) is 0.789. The SMILES string of the molecule is CNC(=S)NCC(c1cccc(OC)c1)N(C)C. The molecule has 1 unspecified atom stereocenters. The molecule has 0 aliphatic rings. The van der Waals surface area contributed by atoms with Gasteiger partial charge < -0.3 is 20.3 Å². The molecule has 18 heavy (non-hydrogen) atoms. The van der Waals surface area contributed by atoms with Gasteiger partial charge in [-0.05, 0) is 44.0 Å². The molecule has 0 radical (unpaired) electrons. The highest BCUT2D eigenvalue weighted by molar-refractivity contribution is 7.80. The fourth-order valence-electron chi connectivity index (χ4n) is 1.73.